The largest absolute Gasteiger partial charge is 0.495 e. The molecule has 1 fully saturated rings. The third-order valence-electron chi connectivity index (χ3n) is 6.48. The number of nitrogens with zero attached hydrogens (tertiary/aromatic N) is 3. The molecule has 0 saturated carbocycles. The molecule has 0 atom stereocenters. The SMILES string of the molecule is C=CCN1CCC(Oc2cc3c(Nc4cc(-c5ccco5)ccc4OC)ncnc3cc2NC)CC1. The second-order valence-corrected chi connectivity index (χ2v) is 8.76. The van der Waals surface area contributed by atoms with E-state index in [1.807, 2.05) is 55.6 Å². The number of nitrogens with one attached hydrogen (secondary N) is 2. The minimum atomic E-state index is 0.154. The minimum absolute atomic E-state index is 0.154. The summed E-state index contributed by atoms with van der Waals surface area (Å²) in [5.41, 5.74) is 3.43. The van der Waals surface area contributed by atoms with Crippen LogP contribution in [0.4, 0.5) is 17.2 Å². The predicted molar refractivity (Wildman–Crippen MR) is 143 cm³/mol. The van der Waals surface area contributed by atoms with Crippen LogP contribution in [0.2, 0.25) is 0 Å². The van der Waals surface area contributed by atoms with Crippen molar-refractivity contribution in [2.24, 2.45) is 0 Å². The topological polar surface area (TPSA) is 84.7 Å². The highest BCUT2D eigenvalue weighted by Crippen LogP contribution is 2.37. The number of furan rings is 1. The molecule has 0 bridgehead atoms. The number of fused-ring (bicyclic) bond motifs is 1. The number of likely N-dealkylation sites (tertiary alicyclic amines) is 1. The number of hydrogen-bond donors (Lipinski definition) is 2. The van der Waals surface area contributed by atoms with Gasteiger partial charge in [0.1, 0.15) is 35.5 Å². The number of hydrogen-bond acceptors (Lipinski definition) is 8. The van der Waals surface area contributed by atoms with Crippen LogP contribution in [0, 0.1) is 0 Å². The first-order chi connectivity index (χ1) is 17.7. The molecule has 2 N–H and O–H groups in total. The second-order valence-electron chi connectivity index (χ2n) is 8.76. The maximum absolute atomic E-state index is 6.49. The van der Waals surface area contributed by atoms with E-state index in [0.29, 0.717) is 11.6 Å². The van der Waals surface area contributed by atoms with Crippen molar-refractivity contribution in [1.29, 1.82) is 0 Å². The summed E-state index contributed by atoms with van der Waals surface area (Å²) in [5, 5.41) is 7.57. The number of rotatable bonds is 9. The van der Waals surface area contributed by atoms with Gasteiger partial charge in [0.05, 0.1) is 30.3 Å². The van der Waals surface area contributed by atoms with Crippen LogP contribution >= 0.6 is 0 Å². The Kier molecular flexibility index (Phi) is 7.04. The van der Waals surface area contributed by atoms with Crippen molar-refractivity contribution >= 4 is 28.1 Å². The van der Waals surface area contributed by atoms with Crippen molar-refractivity contribution in [2.75, 3.05) is 44.4 Å². The monoisotopic (exact) mass is 485 g/mol. The highest BCUT2D eigenvalue weighted by atomic mass is 16.5. The van der Waals surface area contributed by atoms with E-state index in [4.69, 9.17) is 13.9 Å². The van der Waals surface area contributed by atoms with Gasteiger partial charge in [-0.1, -0.05) is 6.08 Å². The molecule has 2 aromatic carbocycles. The van der Waals surface area contributed by atoms with Crippen molar-refractivity contribution in [1.82, 2.24) is 14.9 Å². The molecule has 0 unspecified atom stereocenters. The summed E-state index contributed by atoms with van der Waals surface area (Å²) in [6.45, 7) is 6.77. The van der Waals surface area contributed by atoms with Crippen LogP contribution in [0.15, 0.2) is 72.1 Å². The normalized spacial score (nSPS) is 14.5. The first kappa shape index (κ1) is 23.7. The van der Waals surface area contributed by atoms with Crippen LogP contribution in [0.25, 0.3) is 22.2 Å². The molecule has 8 heteroatoms. The fourth-order valence-corrected chi connectivity index (χ4v) is 4.58. The Morgan fingerprint density at radius 3 is 2.69 bits per heavy atom. The molecule has 1 saturated heterocycles. The highest BCUT2D eigenvalue weighted by molar-refractivity contribution is 5.95. The summed E-state index contributed by atoms with van der Waals surface area (Å²) < 4.78 is 17.7. The molecule has 1 aliphatic heterocycles. The molecule has 4 aromatic rings. The molecule has 1 aliphatic rings. The zero-order valence-corrected chi connectivity index (χ0v) is 20.7. The van der Waals surface area contributed by atoms with E-state index in [-0.39, 0.29) is 6.10 Å². The van der Waals surface area contributed by atoms with E-state index in [1.165, 1.54) is 0 Å². The average Bonchev–Trinajstić information content (AvgIpc) is 3.45. The Morgan fingerprint density at radius 1 is 1.11 bits per heavy atom. The Balaban J connectivity index is 1.46. The van der Waals surface area contributed by atoms with Crippen LogP contribution in [-0.4, -0.2) is 54.8 Å². The molecule has 36 heavy (non-hydrogen) atoms. The van der Waals surface area contributed by atoms with E-state index in [2.05, 4.69) is 32.1 Å². The second kappa shape index (κ2) is 10.7. The molecule has 0 spiro atoms. The lowest BCUT2D eigenvalue weighted by Crippen LogP contribution is -2.38. The Bertz CT molecular complexity index is 1330. The minimum Gasteiger partial charge on any atom is -0.495 e. The summed E-state index contributed by atoms with van der Waals surface area (Å²) >= 11 is 0. The molecule has 0 amide bonds. The Hall–Kier alpha value is -4.04. The van der Waals surface area contributed by atoms with Crippen molar-refractivity contribution in [2.45, 2.75) is 18.9 Å². The molecule has 3 heterocycles. The fourth-order valence-electron chi connectivity index (χ4n) is 4.58. The van der Waals surface area contributed by atoms with Gasteiger partial charge in [-0.2, -0.15) is 0 Å². The lowest BCUT2D eigenvalue weighted by Gasteiger charge is -2.31. The maximum atomic E-state index is 6.49. The lowest BCUT2D eigenvalue weighted by molar-refractivity contribution is 0.108. The quantitative estimate of drug-likeness (QED) is 0.292. The van der Waals surface area contributed by atoms with Gasteiger partial charge in [0, 0.05) is 37.6 Å². The number of methoxy groups -OCH3 is 1. The molecular weight excluding hydrogens is 454 g/mol. The first-order valence-electron chi connectivity index (χ1n) is 12.1. The smallest absolute Gasteiger partial charge is 0.143 e. The summed E-state index contributed by atoms with van der Waals surface area (Å²) in [6.07, 6.45) is 7.28. The number of piperidine rings is 1. The third kappa shape index (κ3) is 4.99. The third-order valence-corrected chi connectivity index (χ3v) is 6.48. The van der Waals surface area contributed by atoms with Gasteiger partial charge in [-0.15, -0.1) is 6.58 Å². The number of anilines is 3. The van der Waals surface area contributed by atoms with Gasteiger partial charge in [-0.05, 0) is 55.3 Å². The van der Waals surface area contributed by atoms with Gasteiger partial charge in [-0.3, -0.25) is 4.90 Å². The fraction of sp³-hybridized carbons (Fsp3) is 0.286. The lowest BCUT2D eigenvalue weighted by atomic mass is 10.1. The molecular formula is C28H31N5O3. The van der Waals surface area contributed by atoms with Crippen molar-refractivity contribution in [3.05, 3.63) is 67.7 Å². The van der Waals surface area contributed by atoms with Crippen LogP contribution in [-0.2, 0) is 0 Å². The van der Waals surface area contributed by atoms with Crippen LogP contribution in [0.1, 0.15) is 12.8 Å². The summed E-state index contributed by atoms with van der Waals surface area (Å²) in [5.74, 6) is 2.94. The van der Waals surface area contributed by atoms with E-state index >= 15 is 0 Å². The van der Waals surface area contributed by atoms with Gasteiger partial charge >= 0.3 is 0 Å². The number of benzene rings is 2. The number of aromatic nitrogens is 2. The molecule has 0 radical (unpaired) electrons. The summed E-state index contributed by atoms with van der Waals surface area (Å²) in [4.78, 5) is 11.4. The zero-order chi connectivity index (χ0) is 24.9. The van der Waals surface area contributed by atoms with Gasteiger partial charge in [-0.25, -0.2) is 9.97 Å². The van der Waals surface area contributed by atoms with E-state index in [9.17, 15) is 0 Å². The average molecular weight is 486 g/mol. The van der Waals surface area contributed by atoms with E-state index < -0.39 is 0 Å². The standard InChI is InChI=1S/C28H31N5O3/c1-4-11-33-12-9-20(10-13-33)36-27-16-21-22(17-23(27)29-2)30-18-31-28(21)32-24-15-19(7-8-26(24)34-3)25-6-5-14-35-25/h4-8,14-18,20,29H,1,9-13H2,2-3H3,(H,30,31,32). The first-order valence-corrected chi connectivity index (χ1v) is 12.1. The van der Waals surface area contributed by atoms with E-state index in [0.717, 1.165) is 71.8 Å². The number of ether oxygens (including phenoxy) is 2. The highest BCUT2D eigenvalue weighted by Gasteiger charge is 2.21. The van der Waals surface area contributed by atoms with Crippen LogP contribution < -0.4 is 20.1 Å². The van der Waals surface area contributed by atoms with Crippen molar-refractivity contribution in [3.8, 4) is 22.8 Å². The van der Waals surface area contributed by atoms with E-state index in [1.54, 1.807) is 19.7 Å². The van der Waals surface area contributed by atoms with Crippen molar-refractivity contribution in [3.63, 3.8) is 0 Å². The van der Waals surface area contributed by atoms with Gasteiger partial charge < -0.3 is 24.5 Å². The maximum Gasteiger partial charge on any atom is 0.143 e. The molecule has 186 valence electrons. The zero-order valence-electron chi connectivity index (χ0n) is 20.7. The summed E-state index contributed by atoms with van der Waals surface area (Å²) in [7, 11) is 3.54. The van der Waals surface area contributed by atoms with Crippen LogP contribution in [0.5, 0.6) is 11.5 Å². The van der Waals surface area contributed by atoms with Crippen LogP contribution in [0.3, 0.4) is 0 Å². The molecule has 5 rings (SSSR count). The molecule has 0 aliphatic carbocycles. The van der Waals surface area contributed by atoms with Gasteiger partial charge in [0.25, 0.3) is 0 Å². The van der Waals surface area contributed by atoms with Gasteiger partial charge in [0.2, 0.25) is 0 Å². The summed E-state index contributed by atoms with van der Waals surface area (Å²) in [6, 6.07) is 13.7. The van der Waals surface area contributed by atoms with Gasteiger partial charge in [0.15, 0.2) is 0 Å². The Labute approximate surface area is 211 Å². The molecule has 8 nitrogen and oxygen atoms in total. The predicted octanol–water partition coefficient (Wildman–Crippen LogP) is 5.71. The Morgan fingerprint density at radius 2 is 1.97 bits per heavy atom. The van der Waals surface area contributed by atoms with Crippen molar-refractivity contribution < 1.29 is 13.9 Å². The molecule has 2 aromatic heterocycles.